The molecule has 2 heterocycles. The van der Waals surface area contributed by atoms with Crippen LogP contribution in [0.5, 0.6) is 0 Å². The Hall–Kier alpha value is -2.97. The van der Waals surface area contributed by atoms with Crippen LogP contribution in [0.25, 0.3) is 0 Å². The summed E-state index contributed by atoms with van der Waals surface area (Å²) >= 11 is 5.84. The van der Waals surface area contributed by atoms with Crippen molar-refractivity contribution in [1.29, 1.82) is 0 Å². The molecule has 2 aliphatic rings. The number of hydrogen-bond donors (Lipinski definition) is 3. The van der Waals surface area contributed by atoms with E-state index in [4.69, 9.17) is 17.3 Å². The van der Waals surface area contributed by atoms with Gasteiger partial charge in [-0.05, 0) is 73.4 Å². The van der Waals surface area contributed by atoms with Gasteiger partial charge < -0.3 is 16.2 Å². The minimum atomic E-state index is -0.839. The molecule has 7 nitrogen and oxygen atoms in total. The van der Waals surface area contributed by atoms with Gasteiger partial charge in [-0.25, -0.2) is 4.39 Å². The minimum Gasteiger partial charge on any atom is -0.385 e. The molecule has 2 atom stereocenters. The lowest BCUT2D eigenvalue weighted by molar-refractivity contribution is 0.0344. The predicted octanol–water partition coefficient (Wildman–Crippen LogP) is 4.23. The Bertz CT molecular complexity index is 1200. The van der Waals surface area contributed by atoms with E-state index in [0.29, 0.717) is 41.6 Å². The number of carbonyl (C=O) groups is 1. The zero-order valence-corrected chi connectivity index (χ0v) is 18.9. The van der Waals surface area contributed by atoms with Crippen molar-refractivity contribution in [3.63, 3.8) is 0 Å². The molecule has 1 amide bonds. The SMILES string of the molecule is Cn1nc(C2CC3CC(O)(c4ccncc4)CC3C2)c(C(=O)Nc2ccc(F)c(Cl)c2)c1N. The molecule has 0 radical (unpaired) electrons. The van der Waals surface area contributed by atoms with Gasteiger partial charge >= 0.3 is 0 Å². The lowest BCUT2D eigenvalue weighted by atomic mass is 9.87. The molecular formula is C24H25ClFN5O2. The molecule has 3 aromatic rings. The topological polar surface area (TPSA) is 106 Å². The molecule has 172 valence electrons. The Balaban J connectivity index is 1.36. The third-order valence-electron chi connectivity index (χ3n) is 7.17. The maximum absolute atomic E-state index is 13.5. The van der Waals surface area contributed by atoms with Crippen LogP contribution in [-0.2, 0) is 12.6 Å². The van der Waals surface area contributed by atoms with E-state index in [9.17, 15) is 14.3 Å². The fourth-order valence-electron chi connectivity index (χ4n) is 5.63. The summed E-state index contributed by atoms with van der Waals surface area (Å²) in [6.07, 6.45) is 6.43. The highest BCUT2D eigenvalue weighted by molar-refractivity contribution is 6.31. The second-order valence-electron chi connectivity index (χ2n) is 9.22. The summed E-state index contributed by atoms with van der Waals surface area (Å²) in [5.41, 5.74) is 7.68. The Morgan fingerprint density at radius 2 is 1.91 bits per heavy atom. The average Bonchev–Trinajstić information content (AvgIpc) is 3.41. The molecule has 2 aromatic heterocycles. The molecule has 2 saturated carbocycles. The number of nitrogens with zero attached hydrogens (tertiary/aromatic N) is 3. The summed E-state index contributed by atoms with van der Waals surface area (Å²) in [6, 6.07) is 7.77. The Labute approximate surface area is 195 Å². The van der Waals surface area contributed by atoms with Gasteiger partial charge in [0.25, 0.3) is 5.91 Å². The van der Waals surface area contributed by atoms with Gasteiger partial charge in [0.15, 0.2) is 0 Å². The average molecular weight is 470 g/mol. The van der Waals surface area contributed by atoms with E-state index in [1.807, 2.05) is 12.1 Å². The molecule has 2 fully saturated rings. The monoisotopic (exact) mass is 469 g/mol. The Morgan fingerprint density at radius 3 is 2.55 bits per heavy atom. The van der Waals surface area contributed by atoms with Gasteiger partial charge in [-0.15, -0.1) is 0 Å². The number of carbonyl (C=O) groups excluding carboxylic acids is 1. The van der Waals surface area contributed by atoms with Crippen molar-refractivity contribution in [1.82, 2.24) is 14.8 Å². The molecule has 0 bridgehead atoms. The van der Waals surface area contributed by atoms with Gasteiger partial charge in [-0.3, -0.25) is 14.5 Å². The first-order valence-corrected chi connectivity index (χ1v) is 11.3. The zero-order chi connectivity index (χ0) is 23.3. The summed E-state index contributed by atoms with van der Waals surface area (Å²) in [7, 11) is 1.71. The summed E-state index contributed by atoms with van der Waals surface area (Å²) in [6.45, 7) is 0. The largest absolute Gasteiger partial charge is 0.385 e. The van der Waals surface area contributed by atoms with Gasteiger partial charge in [-0.2, -0.15) is 5.10 Å². The van der Waals surface area contributed by atoms with E-state index in [2.05, 4.69) is 15.4 Å². The second-order valence-corrected chi connectivity index (χ2v) is 9.62. The van der Waals surface area contributed by atoms with Crippen LogP contribution in [0.3, 0.4) is 0 Å². The number of pyridine rings is 1. The van der Waals surface area contributed by atoms with Gasteiger partial charge in [0.1, 0.15) is 17.2 Å². The minimum absolute atomic E-state index is 0.0718. The number of halogens is 2. The first kappa shape index (κ1) is 21.9. The van der Waals surface area contributed by atoms with Crippen LogP contribution < -0.4 is 11.1 Å². The van der Waals surface area contributed by atoms with Crippen molar-refractivity contribution < 1.29 is 14.3 Å². The molecule has 4 N–H and O–H groups in total. The van der Waals surface area contributed by atoms with Crippen LogP contribution in [0, 0.1) is 17.7 Å². The van der Waals surface area contributed by atoms with Crippen LogP contribution in [0.2, 0.25) is 5.02 Å². The number of aryl methyl sites for hydroxylation is 1. The van der Waals surface area contributed by atoms with Crippen LogP contribution in [0.4, 0.5) is 15.9 Å². The number of nitrogens with two attached hydrogens (primary N) is 1. The zero-order valence-electron chi connectivity index (χ0n) is 18.1. The molecule has 9 heteroatoms. The second kappa shape index (κ2) is 8.11. The van der Waals surface area contributed by atoms with E-state index in [-0.39, 0.29) is 16.8 Å². The number of anilines is 2. The quantitative estimate of drug-likeness (QED) is 0.530. The number of fused-ring (bicyclic) bond motifs is 1. The van der Waals surface area contributed by atoms with Gasteiger partial charge in [0, 0.05) is 31.0 Å². The highest BCUT2D eigenvalue weighted by Gasteiger charge is 2.50. The number of hydrogen-bond acceptors (Lipinski definition) is 5. The molecule has 2 aliphatic carbocycles. The Kier molecular flexibility index (Phi) is 5.37. The lowest BCUT2D eigenvalue weighted by Gasteiger charge is -2.25. The molecule has 0 spiro atoms. The van der Waals surface area contributed by atoms with Crippen molar-refractivity contribution in [3.05, 3.63) is 70.4 Å². The first-order valence-electron chi connectivity index (χ1n) is 11.0. The number of aliphatic hydroxyl groups is 1. The first-order chi connectivity index (χ1) is 15.7. The van der Waals surface area contributed by atoms with E-state index in [1.54, 1.807) is 19.4 Å². The summed E-state index contributed by atoms with van der Waals surface area (Å²) in [4.78, 5) is 17.2. The van der Waals surface area contributed by atoms with Crippen LogP contribution in [-0.4, -0.2) is 25.8 Å². The maximum Gasteiger partial charge on any atom is 0.261 e. The number of amides is 1. The number of rotatable bonds is 4. The Morgan fingerprint density at radius 1 is 1.24 bits per heavy atom. The molecule has 33 heavy (non-hydrogen) atoms. The number of benzene rings is 1. The van der Waals surface area contributed by atoms with Crippen molar-refractivity contribution in [2.24, 2.45) is 18.9 Å². The molecule has 2 unspecified atom stereocenters. The van der Waals surface area contributed by atoms with E-state index >= 15 is 0 Å². The lowest BCUT2D eigenvalue weighted by Crippen LogP contribution is -2.23. The van der Waals surface area contributed by atoms with Crippen molar-refractivity contribution in [2.75, 3.05) is 11.1 Å². The van der Waals surface area contributed by atoms with Gasteiger partial charge in [0.05, 0.1) is 16.3 Å². The van der Waals surface area contributed by atoms with Crippen LogP contribution in [0.1, 0.15) is 53.2 Å². The fourth-order valence-corrected chi connectivity index (χ4v) is 5.81. The maximum atomic E-state index is 13.5. The fraction of sp³-hybridized carbons (Fsp3) is 0.375. The number of nitrogens with one attached hydrogen (secondary N) is 1. The smallest absolute Gasteiger partial charge is 0.261 e. The third kappa shape index (κ3) is 3.87. The number of aromatic nitrogens is 3. The molecular weight excluding hydrogens is 445 g/mol. The summed E-state index contributed by atoms with van der Waals surface area (Å²) in [5.74, 6) is 0.0691. The standard InChI is InChI=1S/C24H25ClFN5O2/c1-31-22(27)20(23(32)29-17-2-3-19(26)18(25)10-17)21(30-31)13-8-14-11-24(33,12-15(14)9-13)16-4-6-28-7-5-16/h2-7,10,13-15,33H,8-9,11-12,27H2,1H3,(H,29,32). The van der Waals surface area contributed by atoms with E-state index < -0.39 is 17.3 Å². The van der Waals surface area contributed by atoms with Crippen molar-refractivity contribution in [2.45, 2.75) is 37.2 Å². The molecule has 1 aromatic carbocycles. The van der Waals surface area contributed by atoms with Crippen molar-refractivity contribution >= 4 is 29.0 Å². The van der Waals surface area contributed by atoms with Crippen LogP contribution >= 0.6 is 11.6 Å². The normalized spacial score (nSPS) is 26.4. The predicted molar refractivity (Wildman–Crippen MR) is 123 cm³/mol. The highest BCUT2D eigenvalue weighted by atomic mass is 35.5. The third-order valence-corrected chi connectivity index (χ3v) is 7.46. The number of nitrogen functional groups attached to an aromatic ring is 1. The van der Waals surface area contributed by atoms with Crippen molar-refractivity contribution in [3.8, 4) is 0 Å². The van der Waals surface area contributed by atoms with Crippen LogP contribution in [0.15, 0.2) is 42.7 Å². The summed E-state index contributed by atoms with van der Waals surface area (Å²) in [5, 5.41) is 18.5. The molecule has 0 saturated heterocycles. The van der Waals surface area contributed by atoms with E-state index in [1.165, 1.54) is 22.9 Å². The summed E-state index contributed by atoms with van der Waals surface area (Å²) < 4.78 is 15.0. The van der Waals surface area contributed by atoms with E-state index in [0.717, 1.165) is 18.4 Å². The molecule has 5 rings (SSSR count). The van der Waals surface area contributed by atoms with Gasteiger partial charge in [0.2, 0.25) is 0 Å². The molecule has 0 aliphatic heterocycles. The van der Waals surface area contributed by atoms with Gasteiger partial charge in [-0.1, -0.05) is 11.6 Å². The highest BCUT2D eigenvalue weighted by Crippen LogP contribution is 2.57.